The first-order valence-electron chi connectivity index (χ1n) is 11.3. The van der Waals surface area contributed by atoms with Crippen LogP contribution in [-0.4, -0.2) is 31.9 Å². The lowest BCUT2D eigenvalue weighted by atomic mass is 9.99. The Labute approximate surface area is 204 Å². The molecule has 1 fully saturated rings. The standard InChI is InChI=1S/C26H21F3N6O/c1-15-5-6-19(35-25(36)16-3-2-4-17(9-16)26(27,28)29)10-20(15)24-21(12-30-13-33-24)22-11-23(32-14-31-22)34-18-7-8-18/h2-6,9-14,18H,7-8H2,1H3,(H,35,36)(H,31,32,34). The summed E-state index contributed by atoms with van der Waals surface area (Å²) in [7, 11) is 0. The normalized spacial score (nSPS) is 13.3. The molecule has 36 heavy (non-hydrogen) atoms. The van der Waals surface area contributed by atoms with E-state index in [4.69, 9.17) is 0 Å². The molecule has 0 radical (unpaired) electrons. The average molecular weight is 490 g/mol. The van der Waals surface area contributed by atoms with Crippen LogP contribution in [-0.2, 0) is 6.18 Å². The van der Waals surface area contributed by atoms with E-state index in [1.807, 2.05) is 19.1 Å². The Bertz CT molecular complexity index is 1440. The minimum Gasteiger partial charge on any atom is -0.367 e. The van der Waals surface area contributed by atoms with Crippen molar-refractivity contribution in [3.63, 3.8) is 0 Å². The molecule has 0 bridgehead atoms. The van der Waals surface area contributed by atoms with E-state index >= 15 is 0 Å². The maximum Gasteiger partial charge on any atom is 0.416 e. The van der Waals surface area contributed by atoms with Crippen LogP contribution in [0.15, 0.2) is 67.4 Å². The maximum atomic E-state index is 13.1. The number of halogens is 3. The molecule has 4 aromatic rings. The largest absolute Gasteiger partial charge is 0.416 e. The van der Waals surface area contributed by atoms with Crippen molar-refractivity contribution >= 4 is 17.4 Å². The molecule has 7 nitrogen and oxygen atoms in total. The number of hydrogen-bond acceptors (Lipinski definition) is 6. The van der Waals surface area contributed by atoms with Gasteiger partial charge in [0.2, 0.25) is 0 Å². The fraction of sp³-hybridized carbons (Fsp3) is 0.192. The topological polar surface area (TPSA) is 92.7 Å². The molecule has 1 aliphatic rings. The summed E-state index contributed by atoms with van der Waals surface area (Å²) in [6, 6.07) is 11.8. The minimum atomic E-state index is -4.54. The molecule has 1 amide bonds. The molecular formula is C26H21F3N6O. The molecule has 5 rings (SSSR count). The second kappa shape index (κ2) is 9.37. The van der Waals surface area contributed by atoms with Gasteiger partial charge in [-0.2, -0.15) is 13.2 Å². The Morgan fingerprint density at radius 1 is 0.972 bits per heavy atom. The number of amides is 1. The van der Waals surface area contributed by atoms with Crippen LogP contribution in [0.5, 0.6) is 0 Å². The summed E-state index contributed by atoms with van der Waals surface area (Å²) in [6.45, 7) is 1.90. The zero-order chi connectivity index (χ0) is 25.3. The summed E-state index contributed by atoms with van der Waals surface area (Å²) in [5.41, 5.74) is 2.99. The van der Waals surface area contributed by atoms with Gasteiger partial charge in [0.25, 0.3) is 5.91 Å². The fourth-order valence-electron chi connectivity index (χ4n) is 3.75. The number of carbonyl (C=O) groups is 1. The highest BCUT2D eigenvalue weighted by Crippen LogP contribution is 2.34. The Kier molecular flexibility index (Phi) is 6.09. The Hall–Kier alpha value is -4.34. The Morgan fingerprint density at radius 3 is 2.58 bits per heavy atom. The van der Waals surface area contributed by atoms with Crippen LogP contribution in [0.2, 0.25) is 0 Å². The number of alkyl halides is 3. The van der Waals surface area contributed by atoms with Crippen molar-refractivity contribution in [1.29, 1.82) is 0 Å². The van der Waals surface area contributed by atoms with E-state index in [9.17, 15) is 18.0 Å². The van der Waals surface area contributed by atoms with E-state index in [0.29, 0.717) is 28.7 Å². The van der Waals surface area contributed by atoms with E-state index in [2.05, 4.69) is 30.6 Å². The first kappa shape index (κ1) is 23.4. The van der Waals surface area contributed by atoms with Gasteiger partial charge >= 0.3 is 6.18 Å². The third-order valence-electron chi connectivity index (χ3n) is 5.79. The molecular weight excluding hydrogens is 469 g/mol. The molecule has 1 aliphatic carbocycles. The van der Waals surface area contributed by atoms with Gasteiger partial charge in [-0.3, -0.25) is 4.79 Å². The van der Waals surface area contributed by atoms with Crippen molar-refractivity contribution in [1.82, 2.24) is 19.9 Å². The SMILES string of the molecule is Cc1ccc(NC(=O)c2cccc(C(F)(F)F)c2)cc1-c1ncncc1-c1cc(NC2CC2)ncn1. The number of nitrogens with zero attached hydrogens (tertiary/aromatic N) is 4. The summed E-state index contributed by atoms with van der Waals surface area (Å²) in [4.78, 5) is 30.0. The van der Waals surface area contributed by atoms with E-state index in [0.717, 1.165) is 41.9 Å². The second-order valence-corrected chi connectivity index (χ2v) is 8.55. The van der Waals surface area contributed by atoms with Crippen molar-refractivity contribution in [3.05, 3.63) is 84.1 Å². The van der Waals surface area contributed by atoms with Gasteiger partial charge in [0.15, 0.2) is 0 Å². The second-order valence-electron chi connectivity index (χ2n) is 8.55. The summed E-state index contributed by atoms with van der Waals surface area (Å²) in [5.74, 6) is 0.0709. The molecule has 10 heteroatoms. The Morgan fingerprint density at radius 2 is 1.81 bits per heavy atom. The molecule has 2 N–H and O–H groups in total. The van der Waals surface area contributed by atoms with Gasteiger partial charge in [-0.05, 0) is 55.7 Å². The lowest BCUT2D eigenvalue weighted by Gasteiger charge is -2.14. The summed E-state index contributed by atoms with van der Waals surface area (Å²) >= 11 is 0. The maximum absolute atomic E-state index is 13.1. The van der Waals surface area contributed by atoms with Crippen LogP contribution < -0.4 is 10.6 Å². The number of carbonyl (C=O) groups excluding carboxylic acids is 1. The van der Waals surface area contributed by atoms with Crippen molar-refractivity contribution in [2.24, 2.45) is 0 Å². The fourth-order valence-corrected chi connectivity index (χ4v) is 3.75. The third-order valence-corrected chi connectivity index (χ3v) is 5.79. The van der Waals surface area contributed by atoms with Crippen LogP contribution >= 0.6 is 0 Å². The molecule has 0 atom stereocenters. The number of aromatic nitrogens is 4. The monoisotopic (exact) mass is 490 g/mol. The van der Waals surface area contributed by atoms with Crippen LogP contribution in [0.3, 0.4) is 0 Å². The lowest BCUT2D eigenvalue weighted by molar-refractivity contribution is -0.137. The molecule has 0 aliphatic heterocycles. The number of hydrogen-bond donors (Lipinski definition) is 2. The van der Waals surface area contributed by atoms with Crippen molar-refractivity contribution < 1.29 is 18.0 Å². The summed E-state index contributed by atoms with van der Waals surface area (Å²) < 4.78 is 39.2. The zero-order valence-corrected chi connectivity index (χ0v) is 19.2. The van der Waals surface area contributed by atoms with Gasteiger partial charge in [0.1, 0.15) is 18.5 Å². The summed E-state index contributed by atoms with van der Waals surface area (Å²) in [5, 5.41) is 6.03. The van der Waals surface area contributed by atoms with Gasteiger partial charge in [0.05, 0.1) is 17.0 Å². The molecule has 2 heterocycles. The average Bonchev–Trinajstić information content (AvgIpc) is 3.69. The number of aryl methyl sites for hydroxylation is 1. The highest BCUT2D eigenvalue weighted by molar-refractivity contribution is 6.04. The van der Waals surface area contributed by atoms with Gasteiger partial charge in [-0.15, -0.1) is 0 Å². The van der Waals surface area contributed by atoms with Gasteiger partial charge in [0, 0.05) is 40.7 Å². The molecule has 1 saturated carbocycles. The van der Waals surface area contributed by atoms with E-state index in [1.165, 1.54) is 24.8 Å². The zero-order valence-electron chi connectivity index (χ0n) is 19.2. The lowest BCUT2D eigenvalue weighted by Crippen LogP contribution is -2.14. The van der Waals surface area contributed by atoms with E-state index in [1.54, 1.807) is 18.3 Å². The van der Waals surface area contributed by atoms with Crippen molar-refractivity contribution in [3.8, 4) is 22.5 Å². The van der Waals surface area contributed by atoms with Gasteiger partial charge in [-0.1, -0.05) is 12.1 Å². The first-order valence-corrected chi connectivity index (χ1v) is 11.3. The van der Waals surface area contributed by atoms with Crippen LogP contribution in [0.4, 0.5) is 24.7 Å². The molecule has 182 valence electrons. The van der Waals surface area contributed by atoms with Gasteiger partial charge in [-0.25, -0.2) is 19.9 Å². The number of benzene rings is 2. The van der Waals surface area contributed by atoms with E-state index < -0.39 is 17.6 Å². The first-order chi connectivity index (χ1) is 17.3. The molecule has 2 aromatic carbocycles. The van der Waals surface area contributed by atoms with Gasteiger partial charge < -0.3 is 10.6 Å². The smallest absolute Gasteiger partial charge is 0.367 e. The Balaban J connectivity index is 1.45. The van der Waals surface area contributed by atoms with Crippen molar-refractivity contribution in [2.45, 2.75) is 32.0 Å². The van der Waals surface area contributed by atoms with Crippen LogP contribution in [0.1, 0.15) is 34.3 Å². The molecule has 2 aromatic heterocycles. The van der Waals surface area contributed by atoms with Crippen LogP contribution in [0, 0.1) is 6.92 Å². The number of nitrogens with one attached hydrogen (secondary N) is 2. The number of rotatable bonds is 6. The highest BCUT2D eigenvalue weighted by atomic mass is 19.4. The number of anilines is 2. The van der Waals surface area contributed by atoms with E-state index in [-0.39, 0.29) is 5.56 Å². The quantitative estimate of drug-likeness (QED) is 0.357. The molecule has 0 spiro atoms. The highest BCUT2D eigenvalue weighted by Gasteiger charge is 2.31. The predicted molar refractivity (Wildman–Crippen MR) is 129 cm³/mol. The van der Waals surface area contributed by atoms with Crippen molar-refractivity contribution in [2.75, 3.05) is 10.6 Å². The summed E-state index contributed by atoms with van der Waals surface area (Å²) in [6.07, 6.45) is 2.26. The predicted octanol–water partition coefficient (Wildman–Crippen LogP) is 5.75. The molecule has 0 unspecified atom stereocenters. The van der Waals surface area contributed by atoms with Crippen LogP contribution in [0.25, 0.3) is 22.5 Å². The molecule has 0 saturated heterocycles. The minimum absolute atomic E-state index is 0.0913. The third kappa shape index (κ3) is 5.17.